The molecule has 96 valence electrons. The third kappa shape index (κ3) is 2.61. The van der Waals surface area contributed by atoms with Gasteiger partial charge in [-0.3, -0.25) is 0 Å². The second-order valence-corrected chi connectivity index (χ2v) is 5.25. The minimum Gasteiger partial charge on any atom is -0.376 e. The Kier molecular flexibility index (Phi) is 3.42. The van der Waals surface area contributed by atoms with Crippen LogP contribution in [0.1, 0.15) is 29.3 Å². The highest BCUT2D eigenvalue weighted by Crippen LogP contribution is 2.37. The summed E-state index contributed by atoms with van der Waals surface area (Å²) in [4.78, 5) is 3.79. The topological polar surface area (TPSA) is 48.1 Å². The first kappa shape index (κ1) is 12.8. The van der Waals surface area contributed by atoms with Crippen LogP contribution < -0.4 is 5.73 Å². The van der Waals surface area contributed by atoms with Crippen LogP contribution in [0.25, 0.3) is 0 Å². The maximum atomic E-state index is 12.4. The van der Waals surface area contributed by atoms with Crippen LogP contribution in [-0.4, -0.2) is 17.7 Å². The van der Waals surface area contributed by atoms with Crippen LogP contribution >= 0.6 is 11.3 Å². The van der Waals surface area contributed by atoms with Crippen LogP contribution in [0.15, 0.2) is 6.20 Å². The van der Waals surface area contributed by atoms with E-state index in [1.165, 1.54) is 6.20 Å². The minimum atomic E-state index is -4.40. The van der Waals surface area contributed by atoms with E-state index in [0.29, 0.717) is 22.8 Å². The zero-order valence-corrected chi connectivity index (χ0v) is 10.0. The predicted molar refractivity (Wildman–Crippen MR) is 57.6 cm³/mol. The number of alkyl halides is 3. The van der Waals surface area contributed by atoms with Crippen molar-refractivity contribution in [3.63, 3.8) is 0 Å². The van der Waals surface area contributed by atoms with Crippen LogP contribution in [0.2, 0.25) is 0 Å². The maximum Gasteiger partial charge on any atom is 0.443 e. The van der Waals surface area contributed by atoms with Crippen molar-refractivity contribution in [2.75, 3.05) is 6.61 Å². The Hall–Kier alpha value is -0.660. The van der Waals surface area contributed by atoms with Crippen molar-refractivity contribution in [1.29, 1.82) is 0 Å². The van der Waals surface area contributed by atoms with E-state index in [9.17, 15) is 13.2 Å². The number of nitrogens with two attached hydrogens (primary N) is 1. The van der Waals surface area contributed by atoms with Crippen LogP contribution in [-0.2, 0) is 10.9 Å². The molecule has 0 aromatic carbocycles. The Morgan fingerprint density at radius 1 is 1.59 bits per heavy atom. The average Bonchev–Trinajstić information content (AvgIpc) is 2.83. The highest BCUT2D eigenvalue weighted by atomic mass is 32.1. The van der Waals surface area contributed by atoms with Gasteiger partial charge in [0.05, 0.1) is 12.1 Å². The fourth-order valence-corrected chi connectivity index (χ4v) is 2.73. The van der Waals surface area contributed by atoms with Crippen LogP contribution in [0.4, 0.5) is 13.2 Å². The maximum absolute atomic E-state index is 12.4. The smallest absolute Gasteiger partial charge is 0.376 e. The van der Waals surface area contributed by atoms with E-state index in [2.05, 4.69) is 4.98 Å². The van der Waals surface area contributed by atoms with Gasteiger partial charge < -0.3 is 10.5 Å². The van der Waals surface area contributed by atoms with Gasteiger partial charge in [-0.05, 0) is 12.3 Å². The van der Waals surface area contributed by atoms with Gasteiger partial charge in [0.1, 0.15) is 0 Å². The first-order valence-electron chi connectivity index (χ1n) is 5.29. The van der Waals surface area contributed by atoms with Gasteiger partial charge >= 0.3 is 6.18 Å². The molecule has 1 aromatic heterocycles. The molecule has 0 radical (unpaired) electrons. The van der Waals surface area contributed by atoms with Gasteiger partial charge in [-0.25, -0.2) is 4.98 Å². The number of hydrogen-bond acceptors (Lipinski definition) is 4. The molecule has 3 unspecified atom stereocenters. The number of ether oxygens (including phenoxy) is 1. The Labute approximate surface area is 101 Å². The molecule has 3 atom stereocenters. The average molecular weight is 266 g/mol. The molecule has 0 spiro atoms. The quantitative estimate of drug-likeness (QED) is 0.895. The largest absolute Gasteiger partial charge is 0.443 e. The van der Waals surface area contributed by atoms with Crippen molar-refractivity contribution in [3.05, 3.63) is 16.1 Å². The second kappa shape index (κ2) is 4.55. The van der Waals surface area contributed by atoms with Crippen LogP contribution in [0.3, 0.4) is 0 Å². The lowest BCUT2D eigenvalue weighted by Gasteiger charge is -2.20. The highest BCUT2D eigenvalue weighted by Gasteiger charge is 2.37. The molecule has 0 saturated carbocycles. The number of nitrogens with zero attached hydrogens (tertiary/aromatic N) is 1. The minimum absolute atomic E-state index is 0.212. The summed E-state index contributed by atoms with van der Waals surface area (Å²) in [6.45, 7) is 2.60. The van der Waals surface area contributed by atoms with Crippen molar-refractivity contribution in [3.8, 4) is 0 Å². The summed E-state index contributed by atoms with van der Waals surface area (Å²) in [5, 5.41) is -0.853. The number of halogens is 3. The molecule has 0 bridgehead atoms. The van der Waals surface area contributed by atoms with E-state index in [-0.39, 0.29) is 12.0 Å². The summed E-state index contributed by atoms with van der Waals surface area (Å²) in [6.07, 6.45) is -2.52. The van der Waals surface area contributed by atoms with Gasteiger partial charge in [-0.2, -0.15) is 13.2 Å². The van der Waals surface area contributed by atoms with E-state index in [1.54, 1.807) is 0 Å². The monoisotopic (exact) mass is 266 g/mol. The van der Waals surface area contributed by atoms with Gasteiger partial charge in [0.2, 0.25) is 0 Å². The summed E-state index contributed by atoms with van der Waals surface area (Å²) in [6, 6.07) is -0.527. The number of aromatic nitrogens is 1. The lowest BCUT2D eigenvalue weighted by atomic mass is 9.98. The van der Waals surface area contributed by atoms with Crippen LogP contribution in [0.5, 0.6) is 0 Å². The van der Waals surface area contributed by atoms with Crippen molar-refractivity contribution in [1.82, 2.24) is 4.98 Å². The molecular weight excluding hydrogens is 253 g/mol. The Bertz CT molecular complexity index is 393. The molecule has 2 rings (SSSR count). The Morgan fingerprint density at radius 2 is 2.29 bits per heavy atom. The van der Waals surface area contributed by atoms with Gasteiger partial charge in [0.25, 0.3) is 0 Å². The summed E-state index contributed by atoms with van der Waals surface area (Å²) in [5.41, 5.74) is 5.93. The SMILES string of the molecule is CC1CCOC1C(N)c1cnc(C(F)(F)F)s1. The summed E-state index contributed by atoms with van der Waals surface area (Å²) >= 11 is 0.596. The Morgan fingerprint density at radius 3 is 2.76 bits per heavy atom. The van der Waals surface area contributed by atoms with E-state index in [1.807, 2.05) is 6.92 Å². The molecular formula is C10H13F3N2OS. The number of hydrogen-bond donors (Lipinski definition) is 1. The first-order chi connectivity index (χ1) is 7.89. The standard InChI is InChI=1S/C10H13F3N2OS/c1-5-2-3-16-8(5)7(14)6-4-15-9(17-6)10(11,12)13/h4-5,7-8H,2-3,14H2,1H3. The lowest BCUT2D eigenvalue weighted by molar-refractivity contribution is -0.137. The molecule has 3 nitrogen and oxygen atoms in total. The van der Waals surface area contributed by atoms with Crippen molar-refractivity contribution in [2.24, 2.45) is 11.7 Å². The molecule has 17 heavy (non-hydrogen) atoms. The summed E-state index contributed by atoms with van der Waals surface area (Å²) in [7, 11) is 0. The fourth-order valence-electron chi connectivity index (χ4n) is 1.91. The molecule has 2 heterocycles. The van der Waals surface area contributed by atoms with Gasteiger partial charge in [-0.1, -0.05) is 6.92 Å². The highest BCUT2D eigenvalue weighted by molar-refractivity contribution is 7.11. The van der Waals surface area contributed by atoms with E-state index in [0.717, 1.165) is 6.42 Å². The van der Waals surface area contributed by atoms with E-state index >= 15 is 0 Å². The molecule has 2 N–H and O–H groups in total. The summed E-state index contributed by atoms with van der Waals surface area (Å²) in [5.74, 6) is 0.265. The van der Waals surface area contributed by atoms with Gasteiger partial charge in [0, 0.05) is 17.7 Å². The van der Waals surface area contributed by atoms with Gasteiger partial charge in [-0.15, -0.1) is 11.3 Å². The van der Waals surface area contributed by atoms with Crippen molar-refractivity contribution in [2.45, 2.75) is 31.7 Å². The fraction of sp³-hybridized carbons (Fsp3) is 0.700. The summed E-state index contributed by atoms with van der Waals surface area (Å²) < 4.78 is 42.6. The molecule has 7 heteroatoms. The molecule has 0 aliphatic carbocycles. The molecule has 1 aliphatic heterocycles. The van der Waals surface area contributed by atoms with E-state index in [4.69, 9.17) is 10.5 Å². The first-order valence-corrected chi connectivity index (χ1v) is 6.11. The lowest BCUT2D eigenvalue weighted by Crippen LogP contribution is -2.29. The predicted octanol–water partition coefficient (Wildman–Crippen LogP) is 2.59. The van der Waals surface area contributed by atoms with Crippen LogP contribution in [0, 0.1) is 5.92 Å². The molecule has 0 amide bonds. The number of rotatable bonds is 2. The third-order valence-electron chi connectivity index (χ3n) is 2.89. The Balaban J connectivity index is 2.14. The number of thiazole rings is 1. The normalized spacial score (nSPS) is 27.4. The molecule has 1 aromatic rings. The zero-order chi connectivity index (χ0) is 12.6. The third-order valence-corrected chi connectivity index (χ3v) is 4.04. The molecule has 1 saturated heterocycles. The second-order valence-electron chi connectivity index (χ2n) is 4.19. The zero-order valence-electron chi connectivity index (χ0n) is 9.20. The molecule has 1 aliphatic rings. The van der Waals surface area contributed by atoms with Gasteiger partial charge in [0.15, 0.2) is 5.01 Å². The van der Waals surface area contributed by atoms with Crippen molar-refractivity contribution < 1.29 is 17.9 Å². The van der Waals surface area contributed by atoms with E-state index < -0.39 is 17.2 Å². The van der Waals surface area contributed by atoms with Crippen molar-refractivity contribution >= 4 is 11.3 Å². The molecule has 1 fully saturated rings.